The number of hydrogen-bond donors (Lipinski definition) is 2. The lowest BCUT2D eigenvalue weighted by Crippen LogP contribution is -2.28. The predicted octanol–water partition coefficient (Wildman–Crippen LogP) is 0.170. The fourth-order valence-corrected chi connectivity index (χ4v) is 3.00. The lowest BCUT2D eigenvalue weighted by Gasteiger charge is -2.11. The van der Waals surface area contributed by atoms with Crippen molar-refractivity contribution in [1.82, 2.24) is 9.71 Å². The van der Waals surface area contributed by atoms with Gasteiger partial charge in [-0.15, -0.1) is 0 Å². The molecule has 0 saturated carbocycles. The standard InChI is InChI=1S/C10H17N3O3S2/c1-3-12-9-4-5-11-8-10(9)18(15,16)13-6-7-17(2)14/h4-5,8,13H,3,6-7H2,1-2H3,(H,11,12). The maximum absolute atomic E-state index is 12.0. The molecule has 0 fully saturated rings. The summed E-state index contributed by atoms with van der Waals surface area (Å²) in [6.07, 6.45) is 4.35. The summed E-state index contributed by atoms with van der Waals surface area (Å²) >= 11 is 0. The molecule has 0 radical (unpaired) electrons. The SMILES string of the molecule is CCNc1ccncc1S(=O)(=O)NCCS(C)=O. The van der Waals surface area contributed by atoms with Crippen molar-refractivity contribution >= 4 is 26.5 Å². The Morgan fingerprint density at radius 2 is 2.17 bits per heavy atom. The zero-order chi connectivity index (χ0) is 13.6. The van der Waals surface area contributed by atoms with Gasteiger partial charge in [-0.3, -0.25) is 9.19 Å². The normalized spacial score (nSPS) is 13.2. The molecule has 102 valence electrons. The van der Waals surface area contributed by atoms with Crippen LogP contribution in [-0.2, 0) is 20.8 Å². The summed E-state index contributed by atoms with van der Waals surface area (Å²) in [6.45, 7) is 2.64. The highest BCUT2D eigenvalue weighted by Crippen LogP contribution is 2.18. The minimum Gasteiger partial charge on any atom is -0.384 e. The molecule has 0 spiro atoms. The molecule has 18 heavy (non-hydrogen) atoms. The van der Waals surface area contributed by atoms with E-state index in [4.69, 9.17) is 0 Å². The number of nitrogens with zero attached hydrogens (tertiary/aromatic N) is 1. The van der Waals surface area contributed by atoms with E-state index in [9.17, 15) is 12.6 Å². The van der Waals surface area contributed by atoms with Crippen molar-refractivity contribution in [2.24, 2.45) is 0 Å². The van der Waals surface area contributed by atoms with Gasteiger partial charge in [0.1, 0.15) is 4.90 Å². The molecule has 0 aliphatic carbocycles. The minimum absolute atomic E-state index is 0.105. The van der Waals surface area contributed by atoms with E-state index in [2.05, 4.69) is 15.0 Å². The maximum Gasteiger partial charge on any atom is 0.244 e. The zero-order valence-electron chi connectivity index (χ0n) is 10.3. The number of anilines is 1. The Labute approximate surface area is 110 Å². The third-order valence-corrected chi connectivity index (χ3v) is 4.39. The highest BCUT2D eigenvalue weighted by Gasteiger charge is 2.18. The molecule has 0 aliphatic rings. The highest BCUT2D eigenvalue weighted by molar-refractivity contribution is 7.89. The first-order valence-corrected chi connectivity index (χ1v) is 8.66. The maximum atomic E-state index is 12.0. The first-order chi connectivity index (χ1) is 8.47. The van der Waals surface area contributed by atoms with Crippen LogP contribution in [0.4, 0.5) is 5.69 Å². The van der Waals surface area contributed by atoms with Gasteiger partial charge in [-0.25, -0.2) is 13.1 Å². The van der Waals surface area contributed by atoms with E-state index < -0.39 is 20.8 Å². The first-order valence-electron chi connectivity index (χ1n) is 5.45. The van der Waals surface area contributed by atoms with Gasteiger partial charge in [0.2, 0.25) is 10.0 Å². The van der Waals surface area contributed by atoms with E-state index in [1.54, 1.807) is 6.07 Å². The van der Waals surface area contributed by atoms with Gasteiger partial charge < -0.3 is 5.32 Å². The van der Waals surface area contributed by atoms with Gasteiger partial charge in [-0.1, -0.05) is 0 Å². The molecule has 0 amide bonds. The first kappa shape index (κ1) is 15.1. The molecule has 1 rings (SSSR count). The van der Waals surface area contributed by atoms with E-state index in [0.29, 0.717) is 12.2 Å². The van der Waals surface area contributed by atoms with Crippen molar-refractivity contribution in [1.29, 1.82) is 0 Å². The summed E-state index contributed by atoms with van der Waals surface area (Å²) in [6, 6.07) is 1.61. The summed E-state index contributed by atoms with van der Waals surface area (Å²) in [5.41, 5.74) is 0.512. The molecule has 1 unspecified atom stereocenters. The van der Waals surface area contributed by atoms with Gasteiger partial charge >= 0.3 is 0 Å². The molecular weight excluding hydrogens is 274 g/mol. The Balaban J connectivity index is 2.87. The van der Waals surface area contributed by atoms with Crippen LogP contribution >= 0.6 is 0 Å². The second-order valence-electron chi connectivity index (χ2n) is 3.58. The van der Waals surface area contributed by atoms with Crippen LogP contribution in [0.5, 0.6) is 0 Å². The quantitative estimate of drug-likeness (QED) is 0.747. The number of sulfonamides is 1. The minimum atomic E-state index is -3.62. The van der Waals surface area contributed by atoms with Gasteiger partial charge in [-0.05, 0) is 13.0 Å². The van der Waals surface area contributed by atoms with Crippen LogP contribution in [0.1, 0.15) is 6.92 Å². The second kappa shape index (κ2) is 6.81. The molecule has 2 N–H and O–H groups in total. The molecule has 0 saturated heterocycles. The second-order valence-corrected chi connectivity index (χ2v) is 6.87. The summed E-state index contributed by atoms with van der Waals surface area (Å²) in [4.78, 5) is 3.92. The van der Waals surface area contributed by atoms with Crippen molar-refractivity contribution < 1.29 is 12.6 Å². The zero-order valence-corrected chi connectivity index (χ0v) is 12.0. The van der Waals surface area contributed by atoms with Crippen LogP contribution in [0, 0.1) is 0 Å². The summed E-state index contributed by atoms with van der Waals surface area (Å²) in [7, 11) is -4.64. The van der Waals surface area contributed by atoms with Crippen LogP contribution in [0.3, 0.4) is 0 Å². The van der Waals surface area contributed by atoms with Gasteiger partial charge in [0.25, 0.3) is 0 Å². The lowest BCUT2D eigenvalue weighted by molar-refractivity contribution is 0.584. The van der Waals surface area contributed by atoms with E-state index in [-0.39, 0.29) is 17.2 Å². The van der Waals surface area contributed by atoms with Gasteiger partial charge in [0.05, 0.1) is 5.69 Å². The fraction of sp³-hybridized carbons (Fsp3) is 0.500. The molecule has 1 aromatic heterocycles. The molecule has 1 aromatic rings. The Morgan fingerprint density at radius 3 is 2.78 bits per heavy atom. The molecule has 0 aromatic carbocycles. The topological polar surface area (TPSA) is 88.2 Å². The van der Waals surface area contributed by atoms with Crippen LogP contribution in [0.2, 0.25) is 0 Å². The van der Waals surface area contributed by atoms with Gasteiger partial charge in [0, 0.05) is 48.3 Å². The van der Waals surface area contributed by atoms with Crippen molar-refractivity contribution in [2.45, 2.75) is 11.8 Å². The number of nitrogens with one attached hydrogen (secondary N) is 2. The van der Waals surface area contributed by atoms with Crippen molar-refractivity contribution in [3.8, 4) is 0 Å². The fourth-order valence-electron chi connectivity index (χ4n) is 1.33. The molecule has 1 heterocycles. The lowest BCUT2D eigenvalue weighted by atomic mass is 10.4. The van der Waals surface area contributed by atoms with Gasteiger partial charge in [-0.2, -0.15) is 0 Å². The smallest absolute Gasteiger partial charge is 0.244 e. The van der Waals surface area contributed by atoms with E-state index in [0.717, 1.165) is 0 Å². The van der Waals surface area contributed by atoms with Crippen molar-refractivity contribution in [2.75, 3.05) is 30.4 Å². The Hall–Kier alpha value is -0.990. The average molecular weight is 291 g/mol. The summed E-state index contributed by atoms with van der Waals surface area (Å²) in [5, 5.41) is 2.96. The molecule has 6 nitrogen and oxygen atoms in total. The summed E-state index contributed by atoms with van der Waals surface area (Å²) in [5.74, 6) is 0.288. The van der Waals surface area contributed by atoms with Crippen LogP contribution in [0.15, 0.2) is 23.4 Å². The predicted molar refractivity (Wildman–Crippen MR) is 72.5 cm³/mol. The number of rotatable bonds is 7. The third-order valence-electron chi connectivity index (χ3n) is 2.12. The number of pyridine rings is 1. The van der Waals surface area contributed by atoms with Crippen LogP contribution in [-0.4, -0.2) is 42.7 Å². The Morgan fingerprint density at radius 1 is 1.44 bits per heavy atom. The molecule has 1 atom stereocenters. The summed E-state index contributed by atoms with van der Waals surface area (Å²) < 4.78 is 37.3. The van der Waals surface area contributed by atoms with Crippen molar-refractivity contribution in [3.63, 3.8) is 0 Å². The molecule has 0 bridgehead atoms. The number of hydrogen-bond acceptors (Lipinski definition) is 5. The Bertz CT molecular complexity index is 517. The van der Waals surface area contributed by atoms with E-state index >= 15 is 0 Å². The van der Waals surface area contributed by atoms with Gasteiger partial charge in [0.15, 0.2) is 0 Å². The van der Waals surface area contributed by atoms with E-state index in [1.165, 1.54) is 18.6 Å². The molecule has 0 aliphatic heterocycles. The molecular formula is C10H17N3O3S2. The monoisotopic (exact) mass is 291 g/mol. The van der Waals surface area contributed by atoms with Crippen molar-refractivity contribution in [3.05, 3.63) is 18.5 Å². The van der Waals surface area contributed by atoms with Crippen LogP contribution < -0.4 is 10.0 Å². The Kier molecular flexibility index (Phi) is 5.70. The molecule has 8 heteroatoms. The largest absolute Gasteiger partial charge is 0.384 e. The average Bonchev–Trinajstić information content (AvgIpc) is 2.29. The van der Waals surface area contributed by atoms with Crippen LogP contribution in [0.25, 0.3) is 0 Å². The third kappa shape index (κ3) is 4.35. The highest BCUT2D eigenvalue weighted by atomic mass is 32.2. The number of aromatic nitrogens is 1. The van der Waals surface area contributed by atoms with E-state index in [1.807, 2.05) is 6.92 Å².